The van der Waals surface area contributed by atoms with Crippen LogP contribution in [0, 0.1) is 6.92 Å². The first-order chi connectivity index (χ1) is 12.5. The Kier molecular flexibility index (Phi) is 5.54. The van der Waals surface area contributed by atoms with E-state index in [1.807, 2.05) is 20.0 Å². The summed E-state index contributed by atoms with van der Waals surface area (Å²) >= 11 is 0. The minimum atomic E-state index is -0.187. The fourth-order valence-electron chi connectivity index (χ4n) is 3.20. The summed E-state index contributed by atoms with van der Waals surface area (Å²) < 4.78 is 6.37. The third-order valence-electron chi connectivity index (χ3n) is 4.80. The van der Waals surface area contributed by atoms with Crippen molar-refractivity contribution in [3.63, 3.8) is 0 Å². The van der Waals surface area contributed by atoms with Gasteiger partial charge in [-0.05, 0) is 38.7 Å². The highest BCUT2D eigenvalue weighted by Crippen LogP contribution is 2.40. The minimum absolute atomic E-state index is 0.0802. The Hall–Kier alpha value is -2.44. The van der Waals surface area contributed by atoms with Crippen molar-refractivity contribution < 1.29 is 14.3 Å². The lowest BCUT2D eigenvalue weighted by molar-refractivity contribution is -0.140. The van der Waals surface area contributed by atoms with Crippen LogP contribution in [0.5, 0.6) is 0 Å². The molecule has 0 radical (unpaired) electrons. The molecule has 0 spiro atoms. The number of esters is 1. The predicted molar refractivity (Wildman–Crippen MR) is 98.0 cm³/mol. The van der Waals surface area contributed by atoms with Crippen LogP contribution in [0.15, 0.2) is 6.07 Å². The molecule has 2 aromatic rings. The second-order valence-corrected chi connectivity index (χ2v) is 6.92. The molecular formula is C19H26N4O3. The number of methoxy groups -OCH3 is 1. The second kappa shape index (κ2) is 7.85. The molecule has 1 saturated carbocycles. The van der Waals surface area contributed by atoms with Crippen molar-refractivity contribution in [1.82, 2.24) is 20.1 Å². The summed E-state index contributed by atoms with van der Waals surface area (Å²) in [6, 6.07) is 1.93. The van der Waals surface area contributed by atoms with Crippen molar-refractivity contribution in [3.8, 4) is 0 Å². The average molecular weight is 358 g/mol. The normalized spacial score (nSPS) is 13.8. The number of pyridine rings is 1. The number of fused-ring (bicyclic) bond motifs is 1. The summed E-state index contributed by atoms with van der Waals surface area (Å²) in [4.78, 5) is 28.6. The average Bonchev–Trinajstić information content (AvgIpc) is 3.43. The monoisotopic (exact) mass is 358 g/mol. The summed E-state index contributed by atoms with van der Waals surface area (Å²) in [7, 11) is 3.26. The van der Waals surface area contributed by atoms with Gasteiger partial charge >= 0.3 is 5.97 Å². The Morgan fingerprint density at radius 1 is 1.31 bits per heavy atom. The van der Waals surface area contributed by atoms with E-state index in [1.165, 1.54) is 7.11 Å². The van der Waals surface area contributed by atoms with Gasteiger partial charge in [-0.1, -0.05) is 6.42 Å². The van der Waals surface area contributed by atoms with Crippen LogP contribution in [0.1, 0.15) is 66.2 Å². The highest BCUT2D eigenvalue weighted by atomic mass is 16.5. The van der Waals surface area contributed by atoms with E-state index in [0.29, 0.717) is 24.4 Å². The SMILES string of the molecule is COC(=O)CCCCCNC(=O)c1cc(C2CC2)nc2c1c(C)nn2C. The van der Waals surface area contributed by atoms with Crippen molar-refractivity contribution in [2.24, 2.45) is 7.05 Å². The number of ether oxygens (including phenoxy) is 1. The highest BCUT2D eigenvalue weighted by molar-refractivity contribution is 6.06. The molecule has 0 saturated heterocycles. The largest absolute Gasteiger partial charge is 0.469 e. The van der Waals surface area contributed by atoms with Crippen molar-refractivity contribution >= 4 is 22.9 Å². The van der Waals surface area contributed by atoms with E-state index in [-0.39, 0.29) is 11.9 Å². The van der Waals surface area contributed by atoms with Gasteiger partial charge in [0.15, 0.2) is 5.65 Å². The zero-order chi connectivity index (χ0) is 18.7. The molecule has 0 bridgehead atoms. The molecule has 3 rings (SSSR count). The third kappa shape index (κ3) is 4.03. The first kappa shape index (κ1) is 18.4. The van der Waals surface area contributed by atoms with E-state index in [0.717, 1.165) is 54.5 Å². The summed E-state index contributed by atoms with van der Waals surface area (Å²) in [6.07, 6.45) is 5.18. The maximum Gasteiger partial charge on any atom is 0.305 e. The molecule has 0 unspecified atom stereocenters. The molecule has 0 atom stereocenters. The zero-order valence-corrected chi connectivity index (χ0v) is 15.7. The first-order valence-corrected chi connectivity index (χ1v) is 9.20. The maximum atomic E-state index is 12.8. The Bertz CT molecular complexity index is 824. The van der Waals surface area contributed by atoms with Gasteiger partial charge in [-0.2, -0.15) is 5.10 Å². The van der Waals surface area contributed by atoms with Gasteiger partial charge in [-0.25, -0.2) is 4.98 Å². The fraction of sp³-hybridized carbons (Fsp3) is 0.579. The molecule has 1 aliphatic carbocycles. The molecule has 1 fully saturated rings. The standard InChI is InChI=1S/C19H26N4O3/c1-12-17-14(19(25)20-10-6-4-5-7-16(24)26-3)11-15(13-8-9-13)21-18(17)23(2)22-12/h11,13H,4-10H2,1-3H3,(H,20,25). The molecule has 2 heterocycles. The third-order valence-corrected chi connectivity index (χ3v) is 4.80. The van der Waals surface area contributed by atoms with Crippen LogP contribution in [0.3, 0.4) is 0 Å². The van der Waals surface area contributed by atoms with Crippen molar-refractivity contribution in [2.45, 2.75) is 51.4 Å². The lowest BCUT2D eigenvalue weighted by Crippen LogP contribution is -2.25. The number of amides is 1. The van der Waals surface area contributed by atoms with Gasteiger partial charge in [-0.15, -0.1) is 0 Å². The molecule has 140 valence electrons. The van der Waals surface area contributed by atoms with Gasteiger partial charge in [0.25, 0.3) is 5.91 Å². The Morgan fingerprint density at radius 2 is 2.08 bits per heavy atom. The van der Waals surface area contributed by atoms with Crippen LogP contribution in [0.25, 0.3) is 11.0 Å². The Labute approximate surface area is 153 Å². The smallest absolute Gasteiger partial charge is 0.305 e. The molecule has 0 aromatic carbocycles. The molecule has 1 aliphatic rings. The van der Waals surface area contributed by atoms with Gasteiger partial charge in [0, 0.05) is 31.6 Å². The summed E-state index contributed by atoms with van der Waals surface area (Å²) in [5, 5.41) is 8.26. The van der Waals surface area contributed by atoms with Crippen LogP contribution in [0.2, 0.25) is 0 Å². The van der Waals surface area contributed by atoms with Crippen LogP contribution < -0.4 is 5.32 Å². The molecule has 26 heavy (non-hydrogen) atoms. The lowest BCUT2D eigenvalue weighted by Gasteiger charge is -2.09. The Morgan fingerprint density at radius 3 is 2.77 bits per heavy atom. The topological polar surface area (TPSA) is 86.1 Å². The van der Waals surface area contributed by atoms with Crippen LogP contribution in [-0.4, -0.2) is 40.3 Å². The molecule has 1 amide bonds. The lowest BCUT2D eigenvalue weighted by atomic mass is 10.1. The minimum Gasteiger partial charge on any atom is -0.469 e. The summed E-state index contributed by atoms with van der Waals surface area (Å²) in [6.45, 7) is 2.49. The molecule has 2 aromatic heterocycles. The number of carbonyl (C=O) groups is 2. The summed E-state index contributed by atoms with van der Waals surface area (Å²) in [5.41, 5.74) is 3.25. The van der Waals surface area contributed by atoms with E-state index >= 15 is 0 Å². The van der Waals surface area contributed by atoms with Gasteiger partial charge in [0.1, 0.15) is 0 Å². The van der Waals surface area contributed by atoms with Gasteiger partial charge in [0.05, 0.1) is 23.8 Å². The summed E-state index contributed by atoms with van der Waals surface area (Å²) in [5.74, 6) is 0.204. The van der Waals surface area contributed by atoms with E-state index in [9.17, 15) is 9.59 Å². The van der Waals surface area contributed by atoms with Crippen LogP contribution in [0.4, 0.5) is 0 Å². The molecule has 7 heteroatoms. The second-order valence-electron chi connectivity index (χ2n) is 6.92. The first-order valence-electron chi connectivity index (χ1n) is 9.20. The number of nitrogens with zero attached hydrogens (tertiary/aromatic N) is 3. The number of nitrogens with one attached hydrogen (secondary N) is 1. The van der Waals surface area contributed by atoms with Crippen molar-refractivity contribution in [3.05, 3.63) is 23.0 Å². The Balaban J connectivity index is 1.65. The van der Waals surface area contributed by atoms with E-state index in [2.05, 4.69) is 15.2 Å². The number of aryl methyl sites for hydroxylation is 2. The predicted octanol–water partition coefficient (Wildman–Crippen LogP) is 2.62. The van der Waals surface area contributed by atoms with Gasteiger partial charge < -0.3 is 10.1 Å². The van der Waals surface area contributed by atoms with Crippen LogP contribution >= 0.6 is 0 Å². The molecule has 0 aliphatic heterocycles. The van der Waals surface area contributed by atoms with E-state index < -0.39 is 0 Å². The van der Waals surface area contributed by atoms with Crippen LogP contribution in [-0.2, 0) is 16.6 Å². The number of unbranched alkanes of at least 4 members (excludes halogenated alkanes) is 2. The number of hydrogen-bond acceptors (Lipinski definition) is 5. The quantitative estimate of drug-likeness (QED) is 0.579. The number of hydrogen-bond donors (Lipinski definition) is 1. The maximum absolute atomic E-state index is 12.8. The zero-order valence-electron chi connectivity index (χ0n) is 15.7. The number of carbonyl (C=O) groups excluding carboxylic acids is 2. The highest BCUT2D eigenvalue weighted by Gasteiger charge is 2.28. The molecule has 1 N–H and O–H groups in total. The van der Waals surface area contributed by atoms with E-state index in [1.54, 1.807) is 4.68 Å². The van der Waals surface area contributed by atoms with E-state index in [4.69, 9.17) is 4.98 Å². The number of aromatic nitrogens is 3. The van der Waals surface area contributed by atoms with Gasteiger partial charge in [-0.3, -0.25) is 14.3 Å². The number of rotatable bonds is 8. The molecular weight excluding hydrogens is 332 g/mol. The van der Waals surface area contributed by atoms with Crippen molar-refractivity contribution in [1.29, 1.82) is 0 Å². The fourth-order valence-corrected chi connectivity index (χ4v) is 3.20. The molecule has 7 nitrogen and oxygen atoms in total. The van der Waals surface area contributed by atoms with Crippen molar-refractivity contribution in [2.75, 3.05) is 13.7 Å². The van der Waals surface area contributed by atoms with Gasteiger partial charge in [0.2, 0.25) is 0 Å².